The van der Waals surface area contributed by atoms with Crippen LogP contribution < -0.4 is 5.32 Å². The van der Waals surface area contributed by atoms with Crippen molar-refractivity contribution in [3.05, 3.63) is 29.3 Å². The Morgan fingerprint density at radius 2 is 2.00 bits per heavy atom. The molecule has 0 aromatic heterocycles. The first kappa shape index (κ1) is 12.8. The fourth-order valence-corrected chi connectivity index (χ4v) is 2.56. The summed E-state index contributed by atoms with van der Waals surface area (Å²) in [7, 11) is 0. The maximum absolute atomic E-state index is 13.6. The van der Waals surface area contributed by atoms with Gasteiger partial charge >= 0.3 is 0 Å². The Morgan fingerprint density at radius 3 is 2.50 bits per heavy atom. The molecule has 2 nitrogen and oxygen atoms in total. The first-order valence-corrected chi connectivity index (χ1v) is 6.23. The van der Waals surface area contributed by atoms with Crippen molar-refractivity contribution in [2.24, 2.45) is 11.8 Å². The minimum absolute atomic E-state index is 0.00467. The second-order valence-corrected chi connectivity index (χ2v) is 5.09. The fraction of sp³-hybridized carbons (Fsp3) is 0.500. The minimum atomic E-state index is -0.697. The lowest BCUT2D eigenvalue weighted by atomic mass is 10.1. The van der Waals surface area contributed by atoms with Gasteiger partial charge in [-0.2, -0.15) is 5.26 Å². The number of hydrogen-bond donors (Lipinski definition) is 1. The largest absolute Gasteiger partial charge is 0.380 e. The van der Waals surface area contributed by atoms with E-state index in [4.69, 9.17) is 5.26 Å². The summed E-state index contributed by atoms with van der Waals surface area (Å²) >= 11 is 0. The fourth-order valence-electron chi connectivity index (χ4n) is 2.56. The maximum Gasteiger partial charge on any atom is 0.150 e. The molecule has 0 bridgehead atoms. The van der Waals surface area contributed by atoms with Crippen LogP contribution in [0.4, 0.5) is 14.5 Å². The number of anilines is 1. The molecule has 2 rings (SSSR count). The molecular formula is C14H16F2N2. The molecule has 0 spiro atoms. The van der Waals surface area contributed by atoms with Gasteiger partial charge < -0.3 is 5.32 Å². The molecule has 18 heavy (non-hydrogen) atoms. The maximum atomic E-state index is 13.6. The number of rotatable bonds is 3. The Bertz CT molecular complexity index is 456. The molecule has 0 saturated heterocycles. The third-order valence-electron chi connectivity index (χ3n) is 3.54. The highest BCUT2D eigenvalue weighted by Crippen LogP contribution is 2.31. The van der Waals surface area contributed by atoms with E-state index in [-0.39, 0.29) is 11.3 Å². The number of nitrogens with zero attached hydrogens (tertiary/aromatic N) is 1. The molecule has 1 aliphatic rings. The van der Waals surface area contributed by atoms with Gasteiger partial charge in [-0.3, -0.25) is 0 Å². The molecule has 1 aromatic rings. The SMILES string of the molecule is CC1CCC(CNc2c(F)cc(C#N)cc2F)C1. The molecule has 1 N–H and O–H groups in total. The smallest absolute Gasteiger partial charge is 0.150 e. The molecule has 2 atom stereocenters. The van der Waals surface area contributed by atoms with Crippen LogP contribution in [0, 0.1) is 34.8 Å². The van der Waals surface area contributed by atoms with Crippen molar-refractivity contribution in [3.63, 3.8) is 0 Å². The van der Waals surface area contributed by atoms with Crippen LogP contribution in [0.1, 0.15) is 31.7 Å². The molecule has 1 aliphatic carbocycles. The highest BCUT2D eigenvalue weighted by molar-refractivity contribution is 5.50. The molecule has 0 amide bonds. The second kappa shape index (κ2) is 5.34. The molecule has 0 aliphatic heterocycles. The normalized spacial score (nSPS) is 22.8. The van der Waals surface area contributed by atoms with Crippen molar-refractivity contribution in [1.29, 1.82) is 5.26 Å². The Balaban J connectivity index is 2.03. The minimum Gasteiger partial charge on any atom is -0.380 e. The summed E-state index contributed by atoms with van der Waals surface area (Å²) in [6.07, 6.45) is 3.39. The van der Waals surface area contributed by atoms with Crippen molar-refractivity contribution in [2.45, 2.75) is 26.2 Å². The van der Waals surface area contributed by atoms with Crippen LogP contribution >= 0.6 is 0 Å². The van der Waals surface area contributed by atoms with E-state index in [1.54, 1.807) is 6.07 Å². The van der Waals surface area contributed by atoms with E-state index in [1.165, 1.54) is 6.42 Å². The van der Waals surface area contributed by atoms with Gasteiger partial charge in [0.05, 0.1) is 11.6 Å². The van der Waals surface area contributed by atoms with Gasteiger partial charge in [0.15, 0.2) is 11.6 Å². The van der Waals surface area contributed by atoms with Crippen LogP contribution in [0.15, 0.2) is 12.1 Å². The summed E-state index contributed by atoms with van der Waals surface area (Å²) in [5, 5.41) is 11.4. The monoisotopic (exact) mass is 250 g/mol. The third-order valence-corrected chi connectivity index (χ3v) is 3.54. The van der Waals surface area contributed by atoms with E-state index in [9.17, 15) is 8.78 Å². The van der Waals surface area contributed by atoms with Gasteiger partial charge in [-0.25, -0.2) is 8.78 Å². The van der Waals surface area contributed by atoms with E-state index >= 15 is 0 Å². The summed E-state index contributed by atoms with van der Waals surface area (Å²) in [5.74, 6) is -0.211. The van der Waals surface area contributed by atoms with Gasteiger partial charge in [0.25, 0.3) is 0 Å². The first-order valence-electron chi connectivity index (χ1n) is 6.23. The summed E-state index contributed by atoms with van der Waals surface area (Å²) < 4.78 is 27.2. The van der Waals surface area contributed by atoms with Crippen molar-refractivity contribution >= 4 is 5.69 Å². The van der Waals surface area contributed by atoms with E-state index in [2.05, 4.69) is 12.2 Å². The molecule has 0 heterocycles. The molecule has 1 saturated carbocycles. The van der Waals surface area contributed by atoms with E-state index in [1.807, 2.05) is 0 Å². The summed E-state index contributed by atoms with van der Waals surface area (Å²) in [5.41, 5.74) is -0.112. The van der Waals surface area contributed by atoms with Crippen LogP contribution in [0.3, 0.4) is 0 Å². The van der Waals surface area contributed by atoms with Crippen LogP contribution in [0.25, 0.3) is 0 Å². The average molecular weight is 250 g/mol. The number of hydrogen-bond acceptors (Lipinski definition) is 2. The van der Waals surface area contributed by atoms with Gasteiger partial charge in [0.1, 0.15) is 5.69 Å². The average Bonchev–Trinajstić information content (AvgIpc) is 2.73. The van der Waals surface area contributed by atoms with Gasteiger partial charge in [0, 0.05) is 6.54 Å². The quantitative estimate of drug-likeness (QED) is 0.888. The zero-order chi connectivity index (χ0) is 13.1. The van der Waals surface area contributed by atoms with Crippen molar-refractivity contribution in [2.75, 3.05) is 11.9 Å². The molecule has 1 aromatic carbocycles. The molecule has 0 radical (unpaired) electrons. The van der Waals surface area contributed by atoms with Gasteiger partial charge in [-0.05, 0) is 36.8 Å². The van der Waals surface area contributed by atoms with Crippen molar-refractivity contribution in [3.8, 4) is 6.07 Å². The van der Waals surface area contributed by atoms with Gasteiger partial charge in [-0.1, -0.05) is 13.3 Å². The van der Waals surface area contributed by atoms with Gasteiger partial charge in [-0.15, -0.1) is 0 Å². The standard InChI is InChI=1S/C14H16F2N2/c1-9-2-3-10(4-9)8-18-14-12(15)5-11(7-17)6-13(14)16/h5-6,9-10,18H,2-4,8H2,1H3. The Morgan fingerprint density at radius 1 is 1.33 bits per heavy atom. The molecule has 2 unspecified atom stereocenters. The van der Waals surface area contributed by atoms with Crippen LogP contribution in [-0.2, 0) is 0 Å². The van der Waals surface area contributed by atoms with Crippen LogP contribution in [0.5, 0.6) is 0 Å². The van der Waals surface area contributed by atoms with E-state index < -0.39 is 11.6 Å². The van der Waals surface area contributed by atoms with Gasteiger partial charge in [0.2, 0.25) is 0 Å². The first-order chi connectivity index (χ1) is 8.60. The lowest BCUT2D eigenvalue weighted by Gasteiger charge is -2.13. The van der Waals surface area contributed by atoms with Crippen LogP contribution in [0.2, 0.25) is 0 Å². The molecule has 1 fully saturated rings. The second-order valence-electron chi connectivity index (χ2n) is 5.09. The zero-order valence-electron chi connectivity index (χ0n) is 10.3. The molecule has 96 valence electrons. The highest BCUT2D eigenvalue weighted by atomic mass is 19.1. The Labute approximate surface area is 106 Å². The van der Waals surface area contributed by atoms with E-state index in [0.29, 0.717) is 18.4 Å². The topological polar surface area (TPSA) is 35.8 Å². The number of benzene rings is 1. The lowest BCUT2D eigenvalue weighted by Crippen LogP contribution is -2.13. The third kappa shape index (κ3) is 2.79. The highest BCUT2D eigenvalue weighted by Gasteiger charge is 2.21. The summed E-state index contributed by atoms with van der Waals surface area (Å²) in [4.78, 5) is 0. The molecular weight excluding hydrogens is 234 g/mol. The predicted octanol–water partition coefficient (Wildman–Crippen LogP) is 3.68. The Hall–Kier alpha value is -1.63. The number of nitrogens with one attached hydrogen (secondary N) is 1. The predicted molar refractivity (Wildman–Crippen MR) is 66.1 cm³/mol. The lowest BCUT2D eigenvalue weighted by molar-refractivity contribution is 0.530. The van der Waals surface area contributed by atoms with E-state index in [0.717, 1.165) is 25.0 Å². The number of nitriles is 1. The van der Waals surface area contributed by atoms with Crippen molar-refractivity contribution in [1.82, 2.24) is 0 Å². The van der Waals surface area contributed by atoms with Crippen molar-refractivity contribution < 1.29 is 8.78 Å². The number of halogens is 2. The van der Waals surface area contributed by atoms with Crippen LogP contribution in [-0.4, -0.2) is 6.54 Å². The summed E-state index contributed by atoms with van der Waals surface area (Å²) in [6, 6.07) is 3.85. The Kier molecular flexibility index (Phi) is 3.81. The summed E-state index contributed by atoms with van der Waals surface area (Å²) in [6.45, 7) is 2.78. The molecule has 4 heteroatoms. The zero-order valence-corrected chi connectivity index (χ0v) is 10.3.